The molecule has 0 spiro atoms. The van der Waals surface area contributed by atoms with Crippen molar-refractivity contribution in [1.29, 1.82) is 0 Å². The Morgan fingerprint density at radius 3 is 2.53 bits per heavy atom. The van der Waals surface area contributed by atoms with Gasteiger partial charge in [0.25, 0.3) is 0 Å². The zero-order chi connectivity index (χ0) is 11.8. The molecule has 84 valence electrons. The van der Waals surface area contributed by atoms with E-state index >= 15 is 0 Å². The van der Waals surface area contributed by atoms with Crippen molar-refractivity contribution in [2.24, 2.45) is 7.05 Å². The van der Waals surface area contributed by atoms with Crippen molar-refractivity contribution in [3.63, 3.8) is 0 Å². The number of hydrogen-bond acceptors (Lipinski definition) is 4. The Morgan fingerprint density at radius 2 is 1.82 bits per heavy atom. The molecule has 0 aliphatic heterocycles. The topological polar surface area (TPSA) is 69.6 Å². The number of anilines is 1. The SMILES string of the molecule is Cn1ncc(-c2ccc3cnncc3c2)c1N. The highest BCUT2D eigenvalue weighted by Gasteiger charge is 2.07. The fourth-order valence-corrected chi connectivity index (χ4v) is 1.83. The highest BCUT2D eigenvalue weighted by molar-refractivity contribution is 5.87. The van der Waals surface area contributed by atoms with Crippen LogP contribution in [0.1, 0.15) is 0 Å². The van der Waals surface area contributed by atoms with E-state index in [4.69, 9.17) is 5.73 Å². The summed E-state index contributed by atoms with van der Waals surface area (Å²) in [7, 11) is 1.82. The van der Waals surface area contributed by atoms with Gasteiger partial charge in [0, 0.05) is 23.4 Å². The Kier molecular flexibility index (Phi) is 2.04. The zero-order valence-electron chi connectivity index (χ0n) is 9.33. The third kappa shape index (κ3) is 1.52. The molecule has 0 saturated heterocycles. The molecular weight excluding hydrogens is 214 g/mol. The van der Waals surface area contributed by atoms with Gasteiger partial charge < -0.3 is 5.73 Å². The van der Waals surface area contributed by atoms with Gasteiger partial charge in [-0.3, -0.25) is 4.68 Å². The van der Waals surface area contributed by atoms with Gasteiger partial charge in [-0.1, -0.05) is 12.1 Å². The molecule has 0 aliphatic rings. The average Bonchev–Trinajstić information content (AvgIpc) is 2.70. The predicted molar refractivity (Wildman–Crippen MR) is 66.2 cm³/mol. The van der Waals surface area contributed by atoms with Gasteiger partial charge in [-0.25, -0.2) is 0 Å². The van der Waals surface area contributed by atoms with Crippen LogP contribution in [0.15, 0.2) is 36.8 Å². The van der Waals surface area contributed by atoms with E-state index in [1.807, 2.05) is 25.2 Å². The largest absolute Gasteiger partial charge is 0.383 e. The number of nitrogen functional groups attached to an aromatic ring is 1. The molecule has 5 heteroatoms. The summed E-state index contributed by atoms with van der Waals surface area (Å²) in [5.41, 5.74) is 7.93. The summed E-state index contributed by atoms with van der Waals surface area (Å²) in [5.74, 6) is 0.659. The Hall–Kier alpha value is -2.43. The molecule has 5 nitrogen and oxygen atoms in total. The maximum Gasteiger partial charge on any atom is 0.129 e. The van der Waals surface area contributed by atoms with Gasteiger partial charge in [0.05, 0.1) is 18.6 Å². The minimum atomic E-state index is 0.659. The van der Waals surface area contributed by atoms with Crippen LogP contribution >= 0.6 is 0 Å². The van der Waals surface area contributed by atoms with Gasteiger partial charge in [0.2, 0.25) is 0 Å². The monoisotopic (exact) mass is 225 g/mol. The first-order valence-electron chi connectivity index (χ1n) is 5.24. The summed E-state index contributed by atoms with van der Waals surface area (Å²) >= 11 is 0. The number of aryl methyl sites for hydroxylation is 1. The molecule has 0 bridgehead atoms. The quantitative estimate of drug-likeness (QED) is 0.683. The number of aromatic nitrogens is 4. The maximum atomic E-state index is 5.95. The van der Waals surface area contributed by atoms with Crippen molar-refractivity contribution in [3.8, 4) is 11.1 Å². The summed E-state index contributed by atoms with van der Waals surface area (Å²) in [5, 5.41) is 14.0. The lowest BCUT2D eigenvalue weighted by Gasteiger charge is -2.02. The molecule has 0 unspecified atom stereocenters. The number of rotatable bonds is 1. The molecule has 2 N–H and O–H groups in total. The van der Waals surface area contributed by atoms with E-state index in [0.717, 1.165) is 21.9 Å². The lowest BCUT2D eigenvalue weighted by Crippen LogP contribution is -1.98. The first-order valence-corrected chi connectivity index (χ1v) is 5.24. The van der Waals surface area contributed by atoms with Crippen LogP contribution < -0.4 is 5.73 Å². The Labute approximate surface area is 97.9 Å². The van der Waals surface area contributed by atoms with Crippen LogP contribution in [0.3, 0.4) is 0 Å². The maximum absolute atomic E-state index is 5.95. The summed E-state index contributed by atoms with van der Waals surface area (Å²) in [6.07, 6.45) is 5.25. The molecule has 2 heterocycles. The molecule has 2 aromatic heterocycles. The van der Waals surface area contributed by atoms with Gasteiger partial charge in [-0.05, 0) is 11.6 Å². The number of nitrogens with two attached hydrogens (primary N) is 1. The van der Waals surface area contributed by atoms with E-state index in [2.05, 4.69) is 15.3 Å². The van der Waals surface area contributed by atoms with Gasteiger partial charge >= 0.3 is 0 Å². The molecule has 1 aromatic carbocycles. The molecular formula is C12H11N5. The highest BCUT2D eigenvalue weighted by Crippen LogP contribution is 2.27. The third-order valence-corrected chi connectivity index (χ3v) is 2.84. The minimum Gasteiger partial charge on any atom is -0.383 e. The summed E-state index contributed by atoms with van der Waals surface area (Å²) in [6.45, 7) is 0. The fraction of sp³-hybridized carbons (Fsp3) is 0.0833. The van der Waals surface area contributed by atoms with Crippen LogP contribution in [0, 0.1) is 0 Å². The molecule has 0 amide bonds. The van der Waals surface area contributed by atoms with Gasteiger partial charge in [-0.15, -0.1) is 0 Å². The molecule has 17 heavy (non-hydrogen) atoms. The van der Waals surface area contributed by atoms with Crippen molar-refractivity contribution < 1.29 is 0 Å². The zero-order valence-corrected chi connectivity index (χ0v) is 9.33. The van der Waals surface area contributed by atoms with E-state index in [1.165, 1.54) is 0 Å². The summed E-state index contributed by atoms with van der Waals surface area (Å²) < 4.78 is 1.66. The summed E-state index contributed by atoms with van der Waals surface area (Å²) in [4.78, 5) is 0. The number of fused-ring (bicyclic) bond motifs is 1. The molecule has 0 radical (unpaired) electrons. The fourth-order valence-electron chi connectivity index (χ4n) is 1.83. The second-order valence-electron chi connectivity index (χ2n) is 3.90. The number of benzene rings is 1. The molecule has 3 rings (SSSR count). The first kappa shape index (κ1) is 9.77. The average molecular weight is 225 g/mol. The van der Waals surface area contributed by atoms with Crippen molar-refractivity contribution in [2.45, 2.75) is 0 Å². The van der Waals surface area contributed by atoms with Crippen LogP contribution in [0.2, 0.25) is 0 Å². The van der Waals surface area contributed by atoms with E-state index in [0.29, 0.717) is 5.82 Å². The second-order valence-corrected chi connectivity index (χ2v) is 3.90. The second kappa shape index (κ2) is 3.55. The lowest BCUT2D eigenvalue weighted by atomic mass is 10.1. The van der Waals surface area contributed by atoms with Crippen molar-refractivity contribution in [3.05, 3.63) is 36.8 Å². The van der Waals surface area contributed by atoms with Crippen LogP contribution in [-0.4, -0.2) is 20.0 Å². The smallest absolute Gasteiger partial charge is 0.129 e. The number of hydrogen-bond donors (Lipinski definition) is 1. The molecule has 0 fully saturated rings. The predicted octanol–water partition coefficient (Wildman–Crippen LogP) is 1.61. The van der Waals surface area contributed by atoms with Crippen LogP contribution in [0.4, 0.5) is 5.82 Å². The minimum absolute atomic E-state index is 0.659. The Bertz CT molecular complexity index is 686. The Balaban J connectivity index is 2.21. The van der Waals surface area contributed by atoms with E-state index in [9.17, 15) is 0 Å². The third-order valence-electron chi connectivity index (χ3n) is 2.84. The van der Waals surface area contributed by atoms with Gasteiger partial charge in [-0.2, -0.15) is 15.3 Å². The van der Waals surface area contributed by atoms with Crippen molar-refractivity contribution in [2.75, 3.05) is 5.73 Å². The van der Waals surface area contributed by atoms with Crippen LogP contribution in [-0.2, 0) is 7.05 Å². The normalized spacial score (nSPS) is 10.9. The van der Waals surface area contributed by atoms with Crippen LogP contribution in [0.25, 0.3) is 21.9 Å². The van der Waals surface area contributed by atoms with E-state index < -0.39 is 0 Å². The summed E-state index contributed by atoms with van der Waals surface area (Å²) in [6, 6.07) is 6.06. The van der Waals surface area contributed by atoms with Crippen molar-refractivity contribution in [1.82, 2.24) is 20.0 Å². The standard InChI is InChI=1S/C12H11N5/c1-17-12(13)11(7-16-17)8-2-3-9-5-14-15-6-10(9)4-8/h2-7H,13H2,1H3. The lowest BCUT2D eigenvalue weighted by molar-refractivity contribution is 0.779. The van der Waals surface area contributed by atoms with Gasteiger partial charge in [0.15, 0.2) is 0 Å². The molecule has 0 saturated carbocycles. The van der Waals surface area contributed by atoms with E-state index in [-0.39, 0.29) is 0 Å². The molecule has 0 atom stereocenters. The molecule has 0 aliphatic carbocycles. The molecule has 3 aromatic rings. The van der Waals surface area contributed by atoms with Gasteiger partial charge in [0.1, 0.15) is 5.82 Å². The Morgan fingerprint density at radius 1 is 1.06 bits per heavy atom. The van der Waals surface area contributed by atoms with Crippen LogP contribution in [0.5, 0.6) is 0 Å². The van der Waals surface area contributed by atoms with E-state index in [1.54, 1.807) is 23.3 Å². The highest BCUT2D eigenvalue weighted by atomic mass is 15.3. The first-order chi connectivity index (χ1) is 8.25. The van der Waals surface area contributed by atoms with Crippen molar-refractivity contribution >= 4 is 16.6 Å². The number of nitrogens with zero attached hydrogens (tertiary/aromatic N) is 4.